The minimum Gasteiger partial charge on any atom is -0.364 e. The average Bonchev–Trinajstić information content (AvgIpc) is 2.73. The van der Waals surface area contributed by atoms with Crippen molar-refractivity contribution in [3.63, 3.8) is 0 Å². The summed E-state index contributed by atoms with van der Waals surface area (Å²) in [6, 6.07) is -0.632. The topological polar surface area (TPSA) is 140 Å². The molecule has 0 aliphatic carbocycles. The molecule has 8 nitrogen and oxygen atoms in total. The van der Waals surface area contributed by atoms with Gasteiger partial charge in [-0.25, -0.2) is 0 Å². The Morgan fingerprint density at radius 3 is 2.76 bits per heavy atom. The first-order valence-electron chi connectivity index (χ1n) is 5.33. The predicted octanol–water partition coefficient (Wildman–Crippen LogP) is -0.640. The lowest BCUT2D eigenvalue weighted by molar-refractivity contribution is -0.117. The molecule has 1 heterocycles. The van der Waals surface area contributed by atoms with Gasteiger partial charge >= 0.3 is 0 Å². The van der Waals surface area contributed by atoms with Gasteiger partial charge in [0.25, 0.3) is 5.91 Å². The number of carbonyl (C=O) groups is 2. The van der Waals surface area contributed by atoms with E-state index in [0.29, 0.717) is 6.42 Å². The maximum atomic E-state index is 11.6. The minimum absolute atomic E-state index is 0.00875. The lowest BCUT2D eigenvalue weighted by Crippen LogP contribution is -2.36. The van der Waals surface area contributed by atoms with Crippen LogP contribution in [0.15, 0.2) is 0 Å². The molecule has 0 aliphatic rings. The molecule has 0 aromatic carbocycles. The molecule has 1 aromatic rings. The van der Waals surface area contributed by atoms with Crippen molar-refractivity contribution in [2.24, 2.45) is 11.5 Å². The summed E-state index contributed by atoms with van der Waals surface area (Å²) in [6.07, 6.45) is 2.39. The van der Waals surface area contributed by atoms with Gasteiger partial charge in [-0.15, -0.1) is 10.2 Å². The monoisotopic (exact) mass is 240 g/mol. The fourth-order valence-electron chi connectivity index (χ4n) is 1.25. The molecule has 2 amide bonds. The maximum Gasteiger partial charge on any atom is 0.273 e. The third-order valence-electron chi connectivity index (χ3n) is 2.23. The van der Waals surface area contributed by atoms with E-state index in [1.807, 2.05) is 6.92 Å². The molecule has 0 saturated carbocycles. The molecule has 0 aliphatic heterocycles. The number of hydrogen-bond donors (Lipinski definition) is 4. The van der Waals surface area contributed by atoms with Crippen molar-refractivity contribution in [3.05, 3.63) is 5.69 Å². The van der Waals surface area contributed by atoms with E-state index in [0.717, 1.165) is 12.8 Å². The smallest absolute Gasteiger partial charge is 0.273 e. The van der Waals surface area contributed by atoms with Gasteiger partial charge in [-0.3, -0.25) is 9.59 Å². The molecule has 1 rings (SSSR count). The predicted molar refractivity (Wildman–Crippen MR) is 61.0 cm³/mol. The van der Waals surface area contributed by atoms with Gasteiger partial charge in [0.15, 0.2) is 11.5 Å². The first-order valence-corrected chi connectivity index (χ1v) is 5.33. The molecule has 0 radical (unpaired) electrons. The lowest BCUT2D eigenvalue weighted by Gasteiger charge is -2.09. The van der Waals surface area contributed by atoms with Crippen LogP contribution in [0.2, 0.25) is 0 Å². The zero-order chi connectivity index (χ0) is 12.8. The highest BCUT2D eigenvalue weighted by Crippen LogP contribution is 2.08. The number of primary amides is 1. The highest BCUT2D eigenvalue weighted by molar-refractivity contribution is 6.01. The van der Waals surface area contributed by atoms with Crippen LogP contribution in [0.4, 0.5) is 5.82 Å². The van der Waals surface area contributed by atoms with Crippen LogP contribution in [-0.2, 0) is 4.79 Å². The standard InChI is InChI=1S/C9H16N6O2/c1-2-3-4-5(10)9(17)12-8-6(7(11)16)13-15-14-8/h5H,2-4,10H2,1H3,(H2,11,16)(H2,12,13,14,15,17). The molecule has 1 atom stereocenters. The van der Waals surface area contributed by atoms with Crippen molar-refractivity contribution in [3.8, 4) is 0 Å². The first kappa shape index (κ1) is 13.1. The largest absolute Gasteiger partial charge is 0.364 e. The second-order valence-corrected chi connectivity index (χ2v) is 3.62. The van der Waals surface area contributed by atoms with Crippen LogP contribution in [0, 0.1) is 0 Å². The van der Waals surface area contributed by atoms with Crippen LogP contribution in [0.3, 0.4) is 0 Å². The molecule has 8 heteroatoms. The van der Waals surface area contributed by atoms with Crippen LogP contribution >= 0.6 is 0 Å². The van der Waals surface area contributed by atoms with Gasteiger partial charge in [-0.05, 0) is 6.42 Å². The Bertz CT molecular complexity index is 402. The number of amides is 2. The summed E-state index contributed by atoms with van der Waals surface area (Å²) in [5, 5.41) is 11.8. The van der Waals surface area contributed by atoms with E-state index in [-0.39, 0.29) is 11.5 Å². The fraction of sp³-hybridized carbons (Fsp3) is 0.556. The summed E-state index contributed by atoms with van der Waals surface area (Å²) in [4.78, 5) is 22.5. The Morgan fingerprint density at radius 2 is 2.18 bits per heavy atom. The maximum absolute atomic E-state index is 11.6. The number of nitrogens with zero attached hydrogens (tertiary/aromatic N) is 2. The van der Waals surface area contributed by atoms with Gasteiger partial charge in [-0.2, -0.15) is 5.21 Å². The highest BCUT2D eigenvalue weighted by Gasteiger charge is 2.19. The molecule has 6 N–H and O–H groups in total. The van der Waals surface area contributed by atoms with E-state index in [9.17, 15) is 9.59 Å². The number of rotatable bonds is 6. The van der Waals surface area contributed by atoms with Gasteiger partial charge in [-0.1, -0.05) is 19.8 Å². The lowest BCUT2D eigenvalue weighted by atomic mass is 10.1. The van der Waals surface area contributed by atoms with Gasteiger partial charge in [0, 0.05) is 0 Å². The SMILES string of the molecule is CCCCC(N)C(=O)Nc1n[nH]nc1C(N)=O. The third kappa shape index (κ3) is 3.52. The molecular weight excluding hydrogens is 224 g/mol. The number of anilines is 1. The first-order chi connectivity index (χ1) is 8.06. The molecule has 17 heavy (non-hydrogen) atoms. The molecule has 0 bridgehead atoms. The molecule has 1 unspecified atom stereocenters. The molecule has 0 fully saturated rings. The molecule has 94 valence electrons. The Labute approximate surface area is 98.1 Å². The van der Waals surface area contributed by atoms with E-state index in [2.05, 4.69) is 20.7 Å². The van der Waals surface area contributed by atoms with Crippen molar-refractivity contribution >= 4 is 17.6 Å². The van der Waals surface area contributed by atoms with Crippen molar-refractivity contribution < 1.29 is 9.59 Å². The number of hydrogen-bond acceptors (Lipinski definition) is 5. The van der Waals surface area contributed by atoms with Crippen molar-refractivity contribution in [2.75, 3.05) is 5.32 Å². The van der Waals surface area contributed by atoms with Gasteiger partial charge in [0.1, 0.15) is 0 Å². The van der Waals surface area contributed by atoms with E-state index in [4.69, 9.17) is 11.5 Å². The Morgan fingerprint density at radius 1 is 1.47 bits per heavy atom. The van der Waals surface area contributed by atoms with E-state index < -0.39 is 17.9 Å². The van der Waals surface area contributed by atoms with Crippen LogP contribution < -0.4 is 16.8 Å². The zero-order valence-electron chi connectivity index (χ0n) is 9.56. The number of H-pyrrole nitrogens is 1. The highest BCUT2D eigenvalue weighted by atomic mass is 16.2. The molecule has 1 aromatic heterocycles. The number of carbonyl (C=O) groups excluding carboxylic acids is 2. The second-order valence-electron chi connectivity index (χ2n) is 3.62. The summed E-state index contributed by atoms with van der Waals surface area (Å²) in [7, 11) is 0. The van der Waals surface area contributed by atoms with Crippen LogP contribution in [0.25, 0.3) is 0 Å². The number of unbranched alkanes of at least 4 members (excludes halogenated alkanes) is 1. The van der Waals surface area contributed by atoms with Crippen molar-refractivity contribution in [2.45, 2.75) is 32.2 Å². The Balaban J connectivity index is 2.61. The van der Waals surface area contributed by atoms with Crippen LogP contribution in [0.5, 0.6) is 0 Å². The molecule has 0 saturated heterocycles. The van der Waals surface area contributed by atoms with Crippen LogP contribution in [-0.4, -0.2) is 33.3 Å². The van der Waals surface area contributed by atoms with E-state index in [1.54, 1.807) is 0 Å². The van der Waals surface area contributed by atoms with Gasteiger partial charge in [0.2, 0.25) is 5.91 Å². The van der Waals surface area contributed by atoms with E-state index in [1.165, 1.54) is 0 Å². The van der Waals surface area contributed by atoms with Crippen molar-refractivity contribution in [1.82, 2.24) is 15.4 Å². The summed E-state index contributed by atoms with van der Waals surface area (Å²) in [5.74, 6) is -1.17. The number of aromatic amines is 1. The quantitative estimate of drug-likeness (QED) is 0.523. The number of aromatic nitrogens is 3. The normalized spacial score (nSPS) is 12.1. The number of nitrogens with two attached hydrogens (primary N) is 2. The van der Waals surface area contributed by atoms with Crippen LogP contribution in [0.1, 0.15) is 36.7 Å². The van der Waals surface area contributed by atoms with E-state index >= 15 is 0 Å². The van der Waals surface area contributed by atoms with Gasteiger partial charge in [0.05, 0.1) is 6.04 Å². The average molecular weight is 240 g/mol. The second kappa shape index (κ2) is 5.94. The number of nitrogens with one attached hydrogen (secondary N) is 2. The van der Waals surface area contributed by atoms with Crippen molar-refractivity contribution in [1.29, 1.82) is 0 Å². The summed E-state index contributed by atoms with van der Waals surface area (Å²) in [6.45, 7) is 2.01. The fourth-order valence-corrected chi connectivity index (χ4v) is 1.25. The zero-order valence-corrected chi connectivity index (χ0v) is 9.56. The minimum atomic E-state index is -0.767. The third-order valence-corrected chi connectivity index (χ3v) is 2.23. The summed E-state index contributed by atoms with van der Waals surface area (Å²) >= 11 is 0. The summed E-state index contributed by atoms with van der Waals surface area (Å²) < 4.78 is 0. The Hall–Kier alpha value is -1.96. The molecule has 0 spiro atoms. The summed E-state index contributed by atoms with van der Waals surface area (Å²) in [5.41, 5.74) is 10.6. The van der Waals surface area contributed by atoms with Gasteiger partial charge < -0.3 is 16.8 Å². The molecular formula is C9H16N6O2. The Kier molecular flexibility index (Phi) is 4.58.